The molecule has 2 N–H and O–H groups in total. The highest BCUT2D eigenvalue weighted by Crippen LogP contribution is 2.44. The monoisotopic (exact) mass is 634 g/mol. The molecule has 0 unspecified atom stereocenters. The SMILES string of the molecule is C.COc1[nH]c(C(Cl)(Cl)Cl)c(Cl)c(=O)c1Cl.COc1c(Cl)c(C(Cl)(Cl)Cl)[nH]c(=O)c1Cl. The molecule has 176 valence electrons. The van der Waals surface area contributed by atoms with Crippen LogP contribution in [-0.4, -0.2) is 24.2 Å². The average Bonchev–Trinajstić information content (AvgIpc) is 2.62. The first kappa shape index (κ1) is 31.4. The lowest BCUT2D eigenvalue weighted by atomic mass is 10.3. The average molecular weight is 639 g/mol. The van der Waals surface area contributed by atoms with Gasteiger partial charge in [-0.1, -0.05) is 123 Å². The number of methoxy groups -OCH3 is 2. The fourth-order valence-electron chi connectivity index (χ4n) is 1.78. The molecule has 0 atom stereocenters. The molecule has 0 fully saturated rings. The van der Waals surface area contributed by atoms with Crippen LogP contribution in [0.15, 0.2) is 9.59 Å². The first-order valence-electron chi connectivity index (χ1n) is 7.02. The van der Waals surface area contributed by atoms with Crippen molar-refractivity contribution in [1.29, 1.82) is 0 Å². The Bertz CT molecular complexity index is 1030. The maximum absolute atomic E-state index is 11.5. The molecule has 0 radical (unpaired) electrons. The van der Waals surface area contributed by atoms with Crippen LogP contribution in [0.4, 0.5) is 0 Å². The number of rotatable bonds is 2. The van der Waals surface area contributed by atoms with Crippen LogP contribution < -0.4 is 20.5 Å². The van der Waals surface area contributed by atoms with Gasteiger partial charge in [-0.3, -0.25) is 9.59 Å². The highest BCUT2D eigenvalue weighted by molar-refractivity contribution is 6.67. The molecule has 2 aromatic rings. The van der Waals surface area contributed by atoms with E-state index in [9.17, 15) is 9.59 Å². The van der Waals surface area contributed by atoms with E-state index in [0.29, 0.717) is 0 Å². The molecule has 0 bridgehead atoms. The number of H-pyrrole nitrogens is 2. The largest absolute Gasteiger partial charge is 0.493 e. The van der Waals surface area contributed by atoms with Gasteiger partial charge in [-0.15, -0.1) is 0 Å². The molecule has 0 aromatic carbocycles. The van der Waals surface area contributed by atoms with E-state index < -0.39 is 18.6 Å². The highest BCUT2D eigenvalue weighted by atomic mass is 35.6. The lowest BCUT2D eigenvalue weighted by Gasteiger charge is -2.15. The minimum absolute atomic E-state index is 0. The predicted octanol–water partition coefficient (Wildman–Crippen LogP) is 7.67. The first-order valence-corrected chi connectivity index (χ1v) is 10.8. The smallest absolute Gasteiger partial charge is 0.270 e. The van der Waals surface area contributed by atoms with Gasteiger partial charge >= 0.3 is 0 Å². The third kappa shape index (κ3) is 7.71. The molecule has 2 heterocycles. The van der Waals surface area contributed by atoms with Crippen molar-refractivity contribution in [2.75, 3.05) is 14.2 Å². The second-order valence-corrected chi connectivity index (χ2v) is 11.1. The molecule has 0 aliphatic carbocycles. The zero-order chi connectivity index (χ0) is 23.6. The van der Waals surface area contributed by atoms with Crippen molar-refractivity contribution < 1.29 is 9.47 Å². The van der Waals surface area contributed by atoms with Crippen molar-refractivity contribution in [3.63, 3.8) is 0 Å². The molecule has 0 saturated carbocycles. The summed E-state index contributed by atoms with van der Waals surface area (Å²) >= 11 is 56.4. The maximum atomic E-state index is 11.5. The number of aromatic amines is 2. The quantitative estimate of drug-likeness (QED) is 0.331. The number of hydrogen-bond acceptors (Lipinski definition) is 4. The Morgan fingerprint density at radius 3 is 1.52 bits per heavy atom. The summed E-state index contributed by atoms with van der Waals surface area (Å²) in [4.78, 5) is 27.6. The number of pyridine rings is 2. The Hall–Kier alpha value is 0.400. The Morgan fingerprint density at radius 2 is 1.13 bits per heavy atom. The third-order valence-corrected chi connectivity index (χ3v) is 5.63. The number of ether oxygens (including phenoxy) is 2. The molecular weight excluding hydrogens is 627 g/mol. The van der Waals surface area contributed by atoms with Gasteiger partial charge in [-0.2, -0.15) is 0 Å². The van der Waals surface area contributed by atoms with Gasteiger partial charge in [0.25, 0.3) is 5.56 Å². The van der Waals surface area contributed by atoms with Crippen molar-refractivity contribution in [2.24, 2.45) is 0 Å². The van der Waals surface area contributed by atoms with Crippen LogP contribution >= 0.6 is 116 Å². The van der Waals surface area contributed by atoms with Gasteiger partial charge in [0, 0.05) is 0 Å². The lowest BCUT2D eigenvalue weighted by Crippen LogP contribution is -2.16. The fourth-order valence-corrected chi connectivity index (χ4v) is 4.10. The molecule has 2 aromatic heterocycles. The summed E-state index contributed by atoms with van der Waals surface area (Å²) in [6, 6.07) is 0. The summed E-state index contributed by atoms with van der Waals surface area (Å²) in [5.74, 6) is -0.0317. The van der Waals surface area contributed by atoms with E-state index in [1.165, 1.54) is 14.2 Å². The van der Waals surface area contributed by atoms with Gasteiger partial charge in [0.2, 0.25) is 18.9 Å². The Morgan fingerprint density at radius 1 is 0.677 bits per heavy atom. The summed E-state index contributed by atoms with van der Waals surface area (Å²) in [6.45, 7) is 0. The van der Waals surface area contributed by atoms with Crippen LogP contribution in [0, 0.1) is 0 Å². The number of alkyl halides is 6. The molecule has 0 spiro atoms. The van der Waals surface area contributed by atoms with E-state index in [2.05, 4.69) is 9.97 Å². The molecule has 0 saturated heterocycles. The minimum Gasteiger partial charge on any atom is -0.493 e. The second kappa shape index (κ2) is 12.2. The van der Waals surface area contributed by atoms with Gasteiger partial charge < -0.3 is 19.4 Å². The van der Waals surface area contributed by atoms with Crippen molar-refractivity contribution in [2.45, 2.75) is 15.0 Å². The molecule has 0 aliphatic heterocycles. The van der Waals surface area contributed by atoms with Crippen molar-refractivity contribution in [3.8, 4) is 11.6 Å². The zero-order valence-electron chi connectivity index (χ0n) is 14.4. The topological polar surface area (TPSA) is 84.2 Å². The maximum Gasteiger partial charge on any atom is 0.270 e. The van der Waals surface area contributed by atoms with Gasteiger partial charge in [-0.05, 0) is 0 Å². The van der Waals surface area contributed by atoms with Crippen LogP contribution in [0.1, 0.15) is 18.8 Å². The zero-order valence-corrected chi connectivity index (χ0v) is 22.0. The van der Waals surface area contributed by atoms with E-state index >= 15 is 0 Å². The highest BCUT2D eigenvalue weighted by Gasteiger charge is 2.31. The summed E-state index contributed by atoms with van der Waals surface area (Å²) in [7, 11) is 2.61. The number of nitrogens with one attached hydrogen (secondary N) is 2. The van der Waals surface area contributed by atoms with Crippen LogP contribution in [0.5, 0.6) is 11.6 Å². The van der Waals surface area contributed by atoms with Crippen LogP contribution in [0.25, 0.3) is 0 Å². The van der Waals surface area contributed by atoms with E-state index in [1.54, 1.807) is 0 Å². The van der Waals surface area contributed by atoms with Crippen LogP contribution in [0.3, 0.4) is 0 Å². The lowest BCUT2D eigenvalue weighted by molar-refractivity contribution is 0.396. The first-order chi connectivity index (χ1) is 13.6. The molecule has 31 heavy (non-hydrogen) atoms. The van der Waals surface area contributed by atoms with Crippen molar-refractivity contribution in [3.05, 3.63) is 52.1 Å². The summed E-state index contributed by atoms with van der Waals surface area (Å²) in [5, 5.41) is -0.705. The van der Waals surface area contributed by atoms with Crippen molar-refractivity contribution >= 4 is 116 Å². The molecule has 2 rings (SSSR count). The van der Waals surface area contributed by atoms with Crippen molar-refractivity contribution in [1.82, 2.24) is 9.97 Å². The Labute approximate surface area is 226 Å². The third-order valence-electron chi connectivity index (χ3n) is 3.09. The van der Waals surface area contributed by atoms with Gasteiger partial charge in [0.05, 0.1) is 25.6 Å². The van der Waals surface area contributed by atoms with Gasteiger partial charge in [0.15, 0.2) is 5.75 Å². The second-order valence-electron chi connectivity index (χ2n) is 4.98. The standard InChI is InChI=1S/2C7H4Cl5NO2.CH4/c1-15-4-2(8)5(7(10,11)12)13-6(14)3(4)9;1-15-6-3(9)4(14)2(8)5(13-6)7(10,11)12;/h2*1H3,(H,13,14);1H4. The summed E-state index contributed by atoms with van der Waals surface area (Å²) in [6.07, 6.45) is 0. The molecular formula is C15H12Cl10N2O4. The van der Waals surface area contributed by atoms with Crippen LogP contribution in [-0.2, 0) is 7.59 Å². The van der Waals surface area contributed by atoms with Gasteiger partial charge in [0.1, 0.15) is 20.1 Å². The normalized spacial score (nSPS) is 11.2. The summed E-state index contributed by atoms with van der Waals surface area (Å²) in [5.41, 5.74) is -1.46. The molecule has 16 heteroatoms. The predicted molar refractivity (Wildman–Crippen MR) is 132 cm³/mol. The van der Waals surface area contributed by atoms with E-state index in [4.69, 9.17) is 125 Å². The number of aromatic nitrogens is 2. The Balaban J connectivity index is 0.000000562. The number of hydrogen-bond donors (Lipinski definition) is 2. The minimum atomic E-state index is -1.85. The van der Waals surface area contributed by atoms with Crippen LogP contribution in [0.2, 0.25) is 20.1 Å². The molecule has 6 nitrogen and oxygen atoms in total. The number of halogens is 10. The Kier molecular flexibility index (Phi) is 12.4. The summed E-state index contributed by atoms with van der Waals surface area (Å²) < 4.78 is 5.92. The van der Waals surface area contributed by atoms with E-state index in [0.717, 1.165) is 0 Å². The molecule has 0 amide bonds. The fraction of sp³-hybridized carbons (Fsp3) is 0.333. The van der Waals surface area contributed by atoms with E-state index in [-0.39, 0.29) is 50.5 Å². The van der Waals surface area contributed by atoms with E-state index in [1.807, 2.05) is 0 Å². The molecule has 0 aliphatic rings. The van der Waals surface area contributed by atoms with Gasteiger partial charge in [-0.25, -0.2) is 0 Å².